The molecule has 1 aliphatic rings. The minimum Gasteiger partial charge on any atom is -0.409 e. The van der Waals surface area contributed by atoms with Crippen LogP contribution in [0.1, 0.15) is 65.2 Å². The smallest absolute Gasteiger partial charge is 0.145 e. The molecule has 4 heteroatoms. The molecule has 0 bridgehead atoms. The van der Waals surface area contributed by atoms with Gasteiger partial charge in [0, 0.05) is 5.41 Å². The molecule has 19 heavy (non-hydrogen) atoms. The number of nitrogens with two attached hydrogens (primary N) is 1. The Balaban J connectivity index is 2.13. The number of amidine groups is 1. The standard InChI is InChI=1S/C15H31N3O/c1-3-4-5-6-7-8-11-18-12-9-15(2,10-13-18)14(16)17-19/h19H,3-13H2,1-2H3,(H2,16,17). The van der Waals surface area contributed by atoms with Crippen LogP contribution in [0.2, 0.25) is 0 Å². The van der Waals surface area contributed by atoms with Crippen molar-refractivity contribution in [1.29, 1.82) is 0 Å². The molecule has 0 aromatic heterocycles. The molecule has 0 radical (unpaired) electrons. The van der Waals surface area contributed by atoms with E-state index in [1.54, 1.807) is 0 Å². The van der Waals surface area contributed by atoms with Crippen LogP contribution < -0.4 is 5.73 Å². The van der Waals surface area contributed by atoms with Crippen LogP contribution in [0.4, 0.5) is 0 Å². The van der Waals surface area contributed by atoms with Gasteiger partial charge in [-0.2, -0.15) is 0 Å². The summed E-state index contributed by atoms with van der Waals surface area (Å²) in [6.07, 6.45) is 10.1. The van der Waals surface area contributed by atoms with Crippen molar-refractivity contribution in [2.75, 3.05) is 19.6 Å². The van der Waals surface area contributed by atoms with Gasteiger partial charge in [-0.15, -0.1) is 0 Å². The molecular formula is C15H31N3O. The molecule has 1 aliphatic heterocycles. The van der Waals surface area contributed by atoms with Crippen molar-refractivity contribution in [3.8, 4) is 0 Å². The van der Waals surface area contributed by atoms with E-state index in [0.717, 1.165) is 25.9 Å². The van der Waals surface area contributed by atoms with E-state index < -0.39 is 0 Å². The van der Waals surface area contributed by atoms with Crippen molar-refractivity contribution < 1.29 is 5.21 Å². The Kier molecular flexibility index (Phi) is 7.21. The average molecular weight is 269 g/mol. The first kappa shape index (κ1) is 16.3. The average Bonchev–Trinajstić information content (AvgIpc) is 2.44. The largest absolute Gasteiger partial charge is 0.409 e. The fraction of sp³-hybridized carbons (Fsp3) is 0.933. The van der Waals surface area contributed by atoms with Gasteiger partial charge in [-0.05, 0) is 38.9 Å². The summed E-state index contributed by atoms with van der Waals surface area (Å²) in [6.45, 7) is 7.71. The Morgan fingerprint density at radius 2 is 1.74 bits per heavy atom. The number of likely N-dealkylation sites (tertiary alicyclic amines) is 1. The van der Waals surface area contributed by atoms with E-state index in [-0.39, 0.29) is 5.41 Å². The molecule has 1 saturated heterocycles. The van der Waals surface area contributed by atoms with Gasteiger partial charge in [0.2, 0.25) is 0 Å². The molecule has 0 aromatic carbocycles. The molecule has 0 unspecified atom stereocenters. The summed E-state index contributed by atoms with van der Waals surface area (Å²) in [5, 5.41) is 12.0. The van der Waals surface area contributed by atoms with Gasteiger partial charge in [0.15, 0.2) is 0 Å². The zero-order valence-corrected chi connectivity index (χ0v) is 12.7. The van der Waals surface area contributed by atoms with Crippen LogP contribution in [0.3, 0.4) is 0 Å². The summed E-state index contributed by atoms with van der Waals surface area (Å²) in [7, 11) is 0. The first-order valence-corrected chi connectivity index (χ1v) is 7.83. The fourth-order valence-electron chi connectivity index (χ4n) is 2.76. The minimum atomic E-state index is -0.105. The van der Waals surface area contributed by atoms with E-state index in [1.165, 1.54) is 45.1 Å². The predicted molar refractivity (Wildman–Crippen MR) is 80.6 cm³/mol. The summed E-state index contributed by atoms with van der Waals surface area (Å²) in [4.78, 5) is 2.52. The van der Waals surface area contributed by atoms with Crippen molar-refractivity contribution in [1.82, 2.24) is 4.90 Å². The molecule has 0 aliphatic carbocycles. The molecular weight excluding hydrogens is 238 g/mol. The summed E-state index contributed by atoms with van der Waals surface area (Å²) in [6, 6.07) is 0. The van der Waals surface area contributed by atoms with Gasteiger partial charge in [-0.3, -0.25) is 0 Å². The van der Waals surface area contributed by atoms with Crippen LogP contribution in [0.15, 0.2) is 5.16 Å². The number of piperidine rings is 1. The molecule has 0 amide bonds. The van der Waals surface area contributed by atoms with Crippen molar-refractivity contribution in [2.24, 2.45) is 16.3 Å². The van der Waals surface area contributed by atoms with E-state index >= 15 is 0 Å². The van der Waals surface area contributed by atoms with E-state index in [2.05, 4.69) is 23.9 Å². The van der Waals surface area contributed by atoms with E-state index in [4.69, 9.17) is 10.9 Å². The zero-order valence-electron chi connectivity index (χ0n) is 12.7. The number of hydrogen-bond donors (Lipinski definition) is 2. The first-order valence-electron chi connectivity index (χ1n) is 7.83. The molecule has 0 saturated carbocycles. The Morgan fingerprint density at radius 1 is 1.16 bits per heavy atom. The molecule has 3 N–H and O–H groups in total. The van der Waals surface area contributed by atoms with Crippen LogP contribution in [0.5, 0.6) is 0 Å². The Morgan fingerprint density at radius 3 is 2.32 bits per heavy atom. The second kappa shape index (κ2) is 8.41. The van der Waals surface area contributed by atoms with Gasteiger partial charge in [-0.1, -0.05) is 51.1 Å². The third kappa shape index (κ3) is 5.39. The van der Waals surface area contributed by atoms with Gasteiger partial charge >= 0.3 is 0 Å². The molecule has 0 spiro atoms. The minimum absolute atomic E-state index is 0.105. The van der Waals surface area contributed by atoms with Crippen molar-refractivity contribution in [3.05, 3.63) is 0 Å². The molecule has 0 aromatic rings. The highest BCUT2D eigenvalue weighted by Gasteiger charge is 2.33. The van der Waals surface area contributed by atoms with Crippen molar-refractivity contribution in [3.63, 3.8) is 0 Å². The monoisotopic (exact) mass is 269 g/mol. The lowest BCUT2D eigenvalue weighted by molar-refractivity contribution is 0.157. The lowest BCUT2D eigenvalue weighted by Crippen LogP contribution is -2.45. The number of rotatable bonds is 8. The third-order valence-electron chi connectivity index (χ3n) is 4.51. The Labute approximate surface area is 118 Å². The SMILES string of the molecule is CCCCCCCCN1CCC(C)(C(N)=NO)CC1. The summed E-state index contributed by atoms with van der Waals surface area (Å²) in [5.74, 6) is 0.395. The molecule has 1 heterocycles. The summed E-state index contributed by atoms with van der Waals surface area (Å²) >= 11 is 0. The number of unbranched alkanes of at least 4 members (excludes halogenated alkanes) is 5. The van der Waals surface area contributed by atoms with Gasteiger partial charge in [0.1, 0.15) is 5.84 Å². The highest BCUT2D eigenvalue weighted by atomic mass is 16.4. The van der Waals surface area contributed by atoms with Crippen molar-refractivity contribution in [2.45, 2.75) is 65.2 Å². The molecule has 0 atom stereocenters. The Bertz CT molecular complexity index is 271. The number of nitrogens with zero attached hydrogens (tertiary/aromatic N) is 2. The van der Waals surface area contributed by atoms with Crippen LogP contribution in [0.25, 0.3) is 0 Å². The lowest BCUT2D eigenvalue weighted by atomic mass is 9.79. The first-order chi connectivity index (χ1) is 9.12. The Hall–Kier alpha value is -0.770. The maximum absolute atomic E-state index is 8.81. The van der Waals surface area contributed by atoms with Crippen LogP contribution in [-0.4, -0.2) is 35.6 Å². The molecule has 1 rings (SSSR count). The predicted octanol–water partition coefficient (Wildman–Crippen LogP) is 3.20. The topological polar surface area (TPSA) is 61.8 Å². The second-order valence-electron chi connectivity index (χ2n) is 6.16. The highest BCUT2D eigenvalue weighted by molar-refractivity contribution is 5.85. The molecule has 112 valence electrons. The molecule has 1 fully saturated rings. The van der Waals surface area contributed by atoms with Gasteiger partial charge in [0.25, 0.3) is 0 Å². The fourth-order valence-corrected chi connectivity index (χ4v) is 2.76. The lowest BCUT2D eigenvalue weighted by Gasteiger charge is -2.38. The number of oxime groups is 1. The molecule has 4 nitrogen and oxygen atoms in total. The van der Waals surface area contributed by atoms with E-state index in [9.17, 15) is 0 Å². The summed E-state index contributed by atoms with van der Waals surface area (Å²) in [5.41, 5.74) is 5.67. The zero-order chi connectivity index (χ0) is 14.1. The van der Waals surface area contributed by atoms with Crippen LogP contribution >= 0.6 is 0 Å². The third-order valence-corrected chi connectivity index (χ3v) is 4.51. The van der Waals surface area contributed by atoms with Gasteiger partial charge in [-0.25, -0.2) is 0 Å². The number of hydrogen-bond acceptors (Lipinski definition) is 3. The van der Waals surface area contributed by atoms with Gasteiger partial charge in [0.05, 0.1) is 0 Å². The quantitative estimate of drug-likeness (QED) is 0.234. The van der Waals surface area contributed by atoms with E-state index in [0.29, 0.717) is 5.84 Å². The summed E-state index contributed by atoms with van der Waals surface area (Å²) < 4.78 is 0. The van der Waals surface area contributed by atoms with Crippen LogP contribution in [-0.2, 0) is 0 Å². The van der Waals surface area contributed by atoms with Gasteiger partial charge < -0.3 is 15.8 Å². The van der Waals surface area contributed by atoms with Crippen molar-refractivity contribution >= 4 is 5.84 Å². The normalized spacial score (nSPS) is 20.6. The second-order valence-corrected chi connectivity index (χ2v) is 6.16. The van der Waals surface area contributed by atoms with E-state index in [1.807, 2.05) is 0 Å². The van der Waals surface area contributed by atoms with Crippen LogP contribution in [0, 0.1) is 5.41 Å². The highest BCUT2D eigenvalue weighted by Crippen LogP contribution is 2.31. The maximum Gasteiger partial charge on any atom is 0.145 e. The maximum atomic E-state index is 8.81.